The van der Waals surface area contributed by atoms with Crippen molar-refractivity contribution in [1.82, 2.24) is 9.29 Å². The predicted octanol–water partition coefficient (Wildman–Crippen LogP) is 2.89. The molecule has 0 atom stereocenters. The van der Waals surface area contributed by atoms with Gasteiger partial charge in [0.2, 0.25) is 0 Å². The van der Waals surface area contributed by atoms with Crippen molar-refractivity contribution in [1.29, 1.82) is 0 Å². The lowest BCUT2D eigenvalue weighted by atomic mass is 10.1. The van der Waals surface area contributed by atoms with Crippen molar-refractivity contribution in [3.8, 4) is 11.3 Å². The Labute approximate surface area is 116 Å². The summed E-state index contributed by atoms with van der Waals surface area (Å²) in [6, 6.07) is 14.3. The normalized spacial score (nSPS) is 16.0. The molecule has 2 heterocycles. The third-order valence-corrected chi connectivity index (χ3v) is 4.16. The molecule has 0 N–H and O–H groups in total. The average Bonchev–Trinajstić information content (AvgIpc) is 2.44. The van der Waals surface area contributed by atoms with Crippen LogP contribution in [0, 0.1) is 5.92 Å². The number of aromatic nitrogens is 1. The summed E-state index contributed by atoms with van der Waals surface area (Å²) in [6.07, 6.45) is 2.85. The van der Waals surface area contributed by atoms with Crippen LogP contribution in [0.5, 0.6) is 0 Å². The Balaban J connectivity index is 1.65. The van der Waals surface area contributed by atoms with E-state index in [0.717, 1.165) is 30.6 Å². The van der Waals surface area contributed by atoms with Gasteiger partial charge in [-0.15, -0.1) is 0 Å². The Morgan fingerprint density at radius 1 is 1.16 bits per heavy atom. The summed E-state index contributed by atoms with van der Waals surface area (Å²) in [7, 11) is 0. The third-order valence-electron chi connectivity index (χ3n) is 3.12. The van der Waals surface area contributed by atoms with Gasteiger partial charge in [0.25, 0.3) is 0 Å². The summed E-state index contributed by atoms with van der Waals surface area (Å²) >= 11 is 1.71. The van der Waals surface area contributed by atoms with E-state index in [9.17, 15) is 4.79 Å². The average molecular weight is 270 g/mol. The summed E-state index contributed by atoms with van der Waals surface area (Å²) in [5.41, 5.74) is 2.11. The molecule has 0 amide bonds. The van der Waals surface area contributed by atoms with E-state index in [1.807, 2.05) is 18.2 Å². The highest BCUT2D eigenvalue weighted by Gasteiger charge is 2.26. The molecule has 3 rings (SSSR count). The molecule has 1 aromatic carbocycles. The second-order valence-corrected chi connectivity index (χ2v) is 5.74. The minimum absolute atomic E-state index is 0.222. The summed E-state index contributed by atoms with van der Waals surface area (Å²) < 4.78 is 2.20. The monoisotopic (exact) mass is 270 g/mol. The lowest BCUT2D eigenvalue weighted by Gasteiger charge is -2.34. The van der Waals surface area contributed by atoms with Crippen LogP contribution in [0.3, 0.4) is 0 Å². The SMILES string of the molecule is O=CC1CN(Sc2ccc(-c3ccccn3)cc2)C1. The van der Waals surface area contributed by atoms with Gasteiger partial charge < -0.3 is 4.79 Å². The number of benzene rings is 1. The van der Waals surface area contributed by atoms with Crippen molar-refractivity contribution in [3.05, 3.63) is 48.7 Å². The molecule has 1 fully saturated rings. The zero-order valence-electron chi connectivity index (χ0n) is 10.4. The minimum Gasteiger partial charge on any atom is -0.303 e. The molecule has 0 aliphatic carbocycles. The fourth-order valence-corrected chi connectivity index (χ4v) is 3.09. The van der Waals surface area contributed by atoms with Crippen LogP contribution >= 0.6 is 11.9 Å². The number of carbonyl (C=O) groups excluding carboxylic acids is 1. The van der Waals surface area contributed by atoms with Crippen molar-refractivity contribution in [2.75, 3.05) is 13.1 Å². The van der Waals surface area contributed by atoms with Gasteiger partial charge in [-0.25, -0.2) is 4.31 Å². The van der Waals surface area contributed by atoms with Crippen LogP contribution in [0.1, 0.15) is 0 Å². The predicted molar refractivity (Wildman–Crippen MR) is 76.7 cm³/mol. The molecule has 4 heteroatoms. The fourth-order valence-electron chi connectivity index (χ4n) is 2.00. The van der Waals surface area contributed by atoms with Crippen LogP contribution in [-0.2, 0) is 4.79 Å². The molecule has 0 spiro atoms. The van der Waals surface area contributed by atoms with Crippen molar-refractivity contribution in [2.24, 2.45) is 5.92 Å². The number of aldehydes is 1. The maximum atomic E-state index is 10.5. The Morgan fingerprint density at radius 2 is 1.95 bits per heavy atom. The zero-order chi connectivity index (χ0) is 13.1. The summed E-state index contributed by atoms with van der Waals surface area (Å²) in [5, 5.41) is 0. The number of hydrogen-bond acceptors (Lipinski definition) is 4. The van der Waals surface area contributed by atoms with Gasteiger partial charge in [-0.1, -0.05) is 18.2 Å². The summed E-state index contributed by atoms with van der Waals surface area (Å²) in [6.45, 7) is 1.71. The standard InChI is InChI=1S/C15H14N2OS/c18-11-12-9-17(10-12)19-14-6-4-13(5-7-14)15-3-1-2-8-16-15/h1-8,11-12H,9-10H2. The molecule has 0 radical (unpaired) electrons. The third kappa shape index (κ3) is 2.85. The van der Waals surface area contributed by atoms with Gasteiger partial charge in [0, 0.05) is 35.7 Å². The molecule has 0 saturated carbocycles. The van der Waals surface area contributed by atoms with E-state index in [4.69, 9.17) is 0 Å². The molecule has 2 aromatic rings. The molecule has 1 saturated heterocycles. The molecule has 1 aliphatic heterocycles. The number of pyridine rings is 1. The molecule has 1 aromatic heterocycles. The van der Waals surface area contributed by atoms with Gasteiger partial charge in [0.05, 0.1) is 5.69 Å². The number of rotatable bonds is 4. The Bertz CT molecular complexity index is 550. The van der Waals surface area contributed by atoms with E-state index in [0.29, 0.717) is 0 Å². The molecular weight excluding hydrogens is 256 g/mol. The van der Waals surface area contributed by atoms with Gasteiger partial charge in [-0.3, -0.25) is 4.98 Å². The molecule has 0 unspecified atom stereocenters. The number of hydrogen-bond donors (Lipinski definition) is 0. The first-order valence-electron chi connectivity index (χ1n) is 6.25. The molecule has 1 aliphatic rings. The van der Waals surface area contributed by atoms with Crippen LogP contribution in [0.25, 0.3) is 11.3 Å². The van der Waals surface area contributed by atoms with E-state index >= 15 is 0 Å². The first-order valence-corrected chi connectivity index (χ1v) is 7.02. The van der Waals surface area contributed by atoms with Crippen LogP contribution in [-0.4, -0.2) is 28.7 Å². The van der Waals surface area contributed by atoms with E-state index < -0.39 is 0 Å². The fraction of sp³-hybridized carbons (Fsp3) is 0.200. The maximum Gasteiger partial charge on any atom is 0.125 e. The second-order valence-electron chi connectivity index (χ2n) is 4.57. The first kappa shape index (κ1) is 12.4. The lowest BCUT2D eigenvalue weighted by molar-refractivity contribution is -0.113. The summed E-state index contributed by atoms with van der Waals surface area (Å²) in [4.78, 5) is 16.1. The highest BCUT2D eigenvalue weighted by molar-refractivity contribution is 7.97. The van der Waals surface area contributed by atoms with E-state index in [-0.39, 0.29) is 5.92 Å². The molecular formula is C15H14N2OS. The molecule has 3 nitrogen and oxygen atoms in total. The number of carbonyl (C=O) groups is 1. The summed E-state index contributed by atoms with van der Waals surface area (Å²) in [5.74, 6) is 0.222. The maximum absolute atomic E-state index is 10.5. The van der Waals surface area contributed by atoms with Gasteiger partial charge in [0.15, 0.2) is 0 Å². The van der Waals surface area contributed by atoms with Crippen molar-refractivity contribution in [3.63, 3.8) is 0 Å². The van der Waals surface area contributed by atoms with Gasteiger partial charge in [-0.05, 0) is 36.2 Å². The lowest BCUT2D eigenvalue weighted by Crippen LogP contribution is -2.42. The van der Waals surface area contributed by atoms with Crippen LogP contribution in [0.4, 0.5) is 0 Å². The van der Waals surface area contributed by atoms with Gasteiger partial charge in [-0.2, -0.15) is 0 Å². The zero-order valence-corrected chi connectivity index (χ0v) is 11.2. The van der Waals surface area contributed by atoms with Crippen LogP contribution in [0.15, 0.2) is 53.6 Å². The largest absolute Gasteiger partial charge is 0.303 e. The van der Waals surface area contributed by atoms with Crippen molar-refractivity contribution in [2.45, 2.75) is 4.90 Å². The topological polar surface area (TPSA) is 33.2 Å². The van der Waals surface area contributed by atoms with Crippen LogP contribution in [0.2, 0.25) is 0 Å². The minimum atomic E-state index is 0.222. The Kier molecular flexibility index (Phi) is 3.62. The molecule has 96 valence electrons. The molecule has 0 bridgehead atoms. The van der Waals surface area contributed by atoms with Gasteiger partial charge >= 0.3 is 0 Å². The highest BCUT2D eigenvalue weighted by Crippen LogP contribution is 2.30. The van der Waals surface area contributed by atoms with E-state index in [1.54, 1.807) is 18.1 Å². The smallest absolute Gasteiger partial charge is 0.125 e. The van der Waals surface area contributed by atoms with Gasteiger partial charge in [0.1, 0.15) is 6.29 Å². The Morgan fingerprint density at radius 3 is 2.58 bits per heavy atom. The Hall–Kier alpha value is -1.65. The number of nitrogens with zero attached hydrogens (tertiary/aromatic N) is 2. The molecule has 19 heavy (non-hydrogen) atoms. The van der Waals surface area contributed by atoms with Crippen molar-refractivity contribution >= 4 is 18.2 Å². The van der Waals surface area contributed by atoms with E-state index in [1.165, 1.54) is 4.90 Å². The quantitative estimate of drug-likeness (QED) is 0.632. The second kappa shape index (κ2) is 5.55. The first-order chi connectivity index (χ1) is 9.35. The van der Waals surface area contributed by atoms with Crippen LogP contribution < -0.4 is 0 Å². The van der Waals surface area contributed by atoms with E-state index in [2.05, 4.69) is 33.6 Å². The highest BCUT2D eigenvalue weighted by atomic mass is 32.2. The van der Waals surface area contributed by atoms with Crippen molar-refractivity contribution < 1.29 is 4.79 Å².